The standard InChI is InChI=1S/C38H24INS/c39-31-14-20-38-36(24-31)35-23-30(13-19-37(35)41-38)27-9-15-32(16-10-27)40(33-17-11-25-5-1-3-7-28(25)21-33)34-18-12-26-6-2-4-8-29(26)22-34/h1-24H. The molecule has 0 spiro atoms. The van der Waals surface area contributed by atoms with Crippen LogP contribution in [0.3, 0.4) is 0 Å². The Balaban J connectivity index is 1.24. The van der Waals surface area contributed by atoms with Crippen molar-refractivity contribution >= 4 is 92.7 Å². The summed E-state index contributed by atoms with van der Waals surface area (Å²) in [6.45, 7) is 0. The average molecular weight is 654 g/mol. The maximum atomic E-state index is 2.41. The van der Waals surface area contributed by atoms with E-state index in [2.05, 4.69) is 173 Å². The van der Waals surface area contributed by atoms with Crippen LogP contribution < -0.4 is 4.90 Å². The number of fused-ring (bicyclic) bond motifs is 5. The van der Waals surface area contributed by atoms with E-state index in [0.29, 0.717) is 0 Å². The molecule has 0 amide bonds. The Morgan fingerprint density at radius 2 is 0.927 bits per heavy atom. The maximum Gasteiger partial charge on any atom is 0.0468 e. The van der Waals surface area contributed by atoms with Crippen LogP contribution in [0, 0.1) is 3.57 Å². The van der Waals surface area contributed by atoms with Gasteiger partial charge in [0.15, 0.2) is 0 Å². The van der Waals surface area contributed by atoms with Crippen LogP contribution in [0.25, 0.3) is 52.8 Å². The Hall–Kier alpha value is -4.19. The van der Waals surface area contributed by atoms with Gasteiger partial charge in [-0.3, -0.25) is 0 Å². The van der Waals surface area contributed by atoms with Gasteiger partial charge in [-0.15, -0.1) is 11.3 Å². The third-order valence-electron chi connectivity index (χ3n) is 7.87. The zero-order valence-corrected chi connectivity index (χ0v) is 25.1. The molecule has 194 valence electrons. The predicted octanol–water partition coefficient (Wildman–Crippen LogP) is 12.1. The highest BCUT2D eigenvalue weighted by atomic mass is 127. The molecule has 7 aromatic carbocycles. The molecule has 1 aromatic heterocycles. The topological polar surface area (TPSA) is 3.24 Å². The summed E-state index contributed by atoms with van der Waals surface area (Å²) < 4.78 is 3.95. The minimum absolute atomic E-state index is 1.14. The molecule has 0 aliphatic rings. The minimum atomic E-state index is 1.14. The van der Waals surface area contributed by atoms with E-state index in [1.165, 1.54) is 56.4 Å². The summed E-state index contributed by atoms with van der Waals surface area (Å²) in [6, 6.07) is 53.2. The molecule has 1 nitrogen and oxygen atoms in total. The molecule has 0 aliphatic carbocycles. The van der Waals surface area contributed by atoms with Crippen molar-refractivity contribution in [2.24, 2.45) is 0 Å². The van der Waals surface area contributed by atoms with E-state index >= 15 is 0 Å². The zero-order valence-electron chi connectivity index (χ0n) is 22.1. The van der Waals surface area contributed by atoms with Gasteiger partial charge < -0.3 is 4.90 Å². The molecular weight excluding hydrogens is 629 g/mol. The van der Waals surface area contributed by atoms with Gasteiger partial charge in [-0.1, -0.05) is 78.9 Å². The van der Waals surface area contributed by atoms with Crippen molar-refractivity contribution in [2.45, 2.75) is 0 Å². The van der Waals surface area contributed by atoms with Crippen LogP contribution in [-0.2, 0) is 0 Å². The van der Waals surface area contributed by atoms with Crippen molar-refractivity contribution in [2.75, 3.05) is 4.90 Å². The predicted molar refractivity (Wildman–Crippen MR) is 187 cm³/mol. The Morgan fingerprint density at radius 3 is 1.56 bits per heavy atom. The molecule has 41 heavy (non-hydrogen) atoms. The van der Waals surface area contributed by atoms with Crippen molar-refractivity contribution < 1.29 is 0 Å². The third kappa shape index (κ3) is 4.46. The largest absolute Gasteiger partial charge is 0.310 e. The molecule has 0 saturated carbocycles. The van der Waals surface area contributed by atoms with Crippen LogP contribution in [0.4, 0.5) is 17.1 Å². The number of hydrogen-bond donors (Lipinski definition) is 0. The molecule has 0 bridgehead atoms. The monoisotopic (exact) mass is 653 g/mol. The molecule has 8 rings (SSSR count). The third-order valence-corrected chi connectivity index (χ3v) is 9.70. The highest BCUT2D eigenvalue weighted by Gasteiger charge is 2.15. The van der Waals surface area contributed by atoms with Gasteiger partial charge in [-0.05, 0) is 122 Å². The summed E-state index contributed by atoms with van der Waals surface area (Å²) in [5.41, 5.74) is 5.89. The van der Waals surface area contributed by atoms with Crippen LogP contribution in [0.5, 0.6) is 0 Å². The summed E-state index contributed by atoms with van der Waals surface area (Å²) in [5, 5.41) is 7.64. The first-order valence-electron chi connectivity index (χ1n) is 13.7. The average Bonchev–Trinajstić information content (AvgIpc) is 3.38. The van der Waals surface area contributed by atoms with Crippen molar-refractivity contribution in [3.05, 3.63) is 149 Å². The van der Waals surface area contributed by atoms with E-state index in [-0.39, 0.29) is 0 Å². The smallest absolute Gasteiger partial charge is 0.0468 e. The summed E-state index contributed by atoms with van der Waals surface area (Å²) in [7, 11) is 0. The lowest BCUT2D eigenvalue weighted by Gasteiger charge is -2.26. The molecule has 0 saturated heterocycles. The second kappa shape index (κ2) is 10.0. The Kier molecular flexibility index (Phi) is 6.01. The molecule has 0 N–H and O–H groups in total. The Morgan fingerprint density at radius 1 is 0.415 bits per heavy atom. The molecule has 0 aliphatic heterocycles. The van der Waals surface area contributed by atoms with E-state index in [0.717, 1.165) is 17.1 Å². The molecule has 0 radical (unpaired) electrons. The van der Waals surface area contributed by atoms with E-state index in [4.69, 9.17) is 0 Å². The first kappa shape index (κ1) is 24.6. The Bertz CT molecular complexity index is 2150. The van der Waals surface area contributed by atoms with Gasteiger partial charge in [0.1, 0.15) is 0 Å². The van der Waals surface area contributed by atoms with Gasteiger partial charge in [0, 0.05) is 40.8 Å². The quantitative estimate of drug-likeness (QED) is 0.171. The first-order chi connectivity index (χ1) is 20.2. The number of thiophene rings is 1. The Labute approximate surface area is 256 Å². The molecule has 1 heterocycles. The van der Waals surface area contributed by atoms with Gasteiger partial charge in [0.25, 0.3) is 0 Å². The number of hydrogen-bond acceptors (Lipinski definition) is 2. The fraction of sp³-hybridized carbons (Fsp3) is 0. The van der Waals surface area contributed by atoms with E-state index in [9.17, 15) is 0 Å². The number of rotatable bonds is 4. The van der Waals surface area contributed by atoms with Crippen molar-refractivity contribution in [3.8, 4) is 11.1 Å². The second-order valence-electron chi connectivity index (χ2n) is 10.4. The minimum Gasteiger partial charge on any atom is -0.310 e. The van der Waals surface area contributed by atoms with E-state index in [1.807, 2.05) is 11.3 Å². The summed E-state index contributed by atoms with van der Waals surface area (Å²) in [4.78, 5) is 2.36. The van der Waals surface area contributed by atoms with Crippen LogP contribution in [0.15, 0.2) is 146 Å². The second-order valence-corrected chi connectivity index (χ2v) is 12.7. The first-order valence-corrected chi connectivity index (χ1v) is 15.6. The van der Waals surface area contributed by atoms with Crippen LogP contribution in [0.1, 0.15) is 0 Å². The zero-order chi connectivity index (χ0) is 27.3. The summed E-state index contributed by atoms with van der Waals surface area (Å²) >= 11 is 4.27. The van der Waals surface area contributed by atoms with Gasteiger partial charge in [0.05, 0.1) is 0 Å². The lowest BCUT2D eigenvalue weighted by Crippen LogP contribution is -2.09. The highest BCUT2D eigenvalue weighted by molar-refractivity contribution is 14.1. The lowest BCUT2D eigenvalue weighted by molar-refractivity contribution is 1.29. The van der Waals surface area contributed by atoms with Crippen molar-refractivity contribution in [3.63, 3.8) is 0 Å². The summed E-state index contributed by atoms with van der Waals surface area (Å²) in [5.74, 6) is 0. The fourth-order valence-electron chi connectivity index (χ4n) is 5.81. The van der Waals surface area contributed by atoms with Crippen molar-refractivity contribution in [1.82, 2.24) is 0 Å². The number of benzene rings is 7. The highest BCUT2D eigenvalue weighted by Crippen LogP contribution is 2.40. The van der Waals surface area contributed by atoms with Crippen LogP contribution in [0.2, 0.25) is 0 Å². The normalized spacial score (nSPS) is 11.5. The molecular formula is C38H24INS. The van der Waals surface area contributed by atoms with Crippen LogP contribution >= 0.6 is 33.9 Å². The maximum absolute atomic E-state index is 2.41. The molecule has 3 heteroatoms. The van der Waals surface area contributed by atoms with Gasteiger partial charge in [-0.25, -0.2) is 0 Å². The van der Waals surface area contributed by atoms with Gasteiger partial charge in [0.2, 0.25) is 0 Å². The summed E-state index contributed by atoms with van der Waals surface area (Å²) in [6.07, 6.45) is 0. The fourth-order valence-corrected chi connectivity index (χ4v) is 7.37. The van der Waals surface area contributed by atoms with E-state index in [1.54, 1.807) is 0 Å². The van der Waals surface area contributed by atoms with Crippen LogP contribution in [-0.4, -0.2) is 0 Å². The van der Waals surface area contributed by atoms with Gasteiger partial charge >= 0.3 is 0 Å². The van der Waals surface area contributed by atoms with Crippen molar-refractivity contribution in [1.29, 1.82) is 0 Å². The van der Waals surface area contributed by atoms with E-state index < -0.39 is 0 Å². The van der Waals surface area contributed by atoms with Gasteiger partial charge in [-0.2, -0.15) is 0 Å². The number of nitrogens with zero attached hydrogens (tertiary/aromatic N) is 1. The molecule has 0 fully saturated rings. The molecule has 0 unspecified atom stereocenters. The lowest BCUT2D eigenvalue weighted by atomic mass is 10.0. The number of halogens is 1. The number of anilines is 3. The molecule has 0 atom stereocenters. The molecule has 8 aromatic rings. The SMILES string of the molecule is Ic1ccc2sc3ccc(-c4ccc(N(c5ccc6ccccc6c5)c5ccc6ccccc6c5)cc4)cc3c2c1.